The molecule has 8 aromatic heterocycles. The van der Waals surface area contributed by atoms with Crippen molar-refractivity contribution in [2.45, 2.75) is 40.0 Å². The number of hydrogen-bond acceptors (Lipinski definition) is 12. The number of furan rings is 2. The van der Waals surface area contributed by atoms with Crippen molar-refractivity contribution in [3.05, 3.63) is 194 Å². The van der Waals surface area contributed by atoms with E-state index in [2.05, 4.69) is 95.7 Å². The molecule has 0 aliphatic carbocycles. The van der Waals surface area contributed by atoms with E-state index in [1.807, 2.05) is 117 Å². The summed E-state index contributed by atoms with van der Waals surface area (Å²) in [6.07, 6.45) is 14.6. The second-order valence-corrected chi connectivity index (χ2v) is 17.3. The van der Waals surface area contributed by atoms with Gasteiger partial charge in [0.15, 0.2) is 11.3 Å². The number of carbonyl (C=O) groups excluding carboxylic acids is 1. The van der Waals surface area contributed by atoms with Crippen molar-refractivity contribution in [1.82, 2.24) is 29.9 Å². The lowest BCUT2D eigenvalue weighted by atomic mass is 9.94. The molecule has 0 amide bonds. The maximum absolute atomic E-state index is 11.1. The number of ether oxygens (including phenoxy) is 1. The first-order valence-electron chi connectivity index (χ1n) is 22.5. The third-order valence-electron chi connectivity index (χ3n) is 12.5. The SMILES string of the molecule is C.CN(Cc1ccc2cncc(-c3cc4c(C(C)(C)OC=O)cccc4o3)c2c1)c1ccnc2ncccc12.c1ccc2oc(-c3cncc4ccc(CNc5ccnc6ncccc56)cc34)cc2c1. The maximum atomic E-state index is 11.1. The predicted octanol–water partition coefficient (Wildman–Crippen LogP) is 13.5. The Morgan fingerprint density at radius 3 is 1.96 bits per heavy atom. The van der Waals surface area contributed by atoms with Gasteiger partial charge in [0.1, 0.15) is 28.3 Å². The smallest absolute Gasteiger partial charge is 0.293 e. The summed E-state index contributed by atoms with van der Waals surface area (Å²) in [5.74, 6) is 1.54. The van der Waals surface area contributed by atoms with Crippen LogP contribution >= 0.6 is 0 Å². The monoisotopic (exact) mass is 920 g/mol. The van der Waals surface area contributed by atoms with Gasteiger partial charge in [-0.15, -0.1) is 0 Å². The number of carbonyl (C=O) groups is 1. The molecular weight excluding hydrogens is 873 g/mol. The Bertz CT molecular complexity index is 3820. The standard InChI is InChI=1S/C31H26N4O3.C26H18N4O.CH4/c1-31(2,37-19-36)26-7-4-8-28-24(26)15-29(38-28)25-17-32-16-21-10-9-20(14-23(21)25)18-35(3)27-11-13-34-30-22(27)6-5-12-33-30;1-2-6-24-18(4-1)13-25(31-24)22-16-27-15-19-8-7-17(12-21(19)22)14-30-23-9-11-29-26-20(23)5-3-10-28-26;/h4-17,19H,18H2,1-3H3;1-13,15-16H,14H2,(H,28,29,30);1H4. The van der Waals surface area contributed by atoms with Crippen molar-refractivity contribution in [3.63, 3.8) is 0 Å². The highest BCUT2D eigenvalue weighted by molar-refractivity contribution is 5.99. The Hall–Kier alpha value is -9.03. The van der Waals surface area contributed by atoms with Gasteiger partial charge in [0.2, 0.25) is 0 Å². The van der Waals surface area contributed by atoms with Gasteiger partial charge in [0.25, 0.3) is 6.47 Å². The number of pyridine rings is 6. The summed E-state index contributed by atoms with van der Waals surface area (Å²) >= 11 is 0. The first-order valence-corrected chi connectivity index (χ1v) is 22.5. The Labute approximate surface area is 403 Å². The average Bonchev–Trinajstić information content (AvgIpc) is 4.03. The highest BCUT2D eigenvalue weighted by Gasteiger charge is 2.26. The molecule has 0 unspecified atom stereocenters. The van der Waals surface area contributed by atoms with E-state index in [0.717, 1.165) is 105 Å². The van der Waals surface area contributed by atoms with Crippen LogP contribution in [0.3, 0.4) is 0 Å². The molecule has 4 aromatic carbocycles. The van der Waals surface area contributed by atoms with E-state index in [1.54, 1.807) is 24.8 Å². The van der Waals surface area contributed by atoms with Crippen molar-refractivity contribution in [3.8, 4) is 22.6 Å². The largest absolute Gasteiger partial charge is 0.457 e. The van der Waals surface area contributed by atoms with Crippen LogP contribution < -0.4 is 10.2 Å². The average molecular weight is 921 g/mol. The zero-order valence-corrected chi connectivity index (χ0v) is 38.0. The van der Waals surface area contributed by atoms with Crippen molar-refractivity contribution < 1.29 is 18.4 Å². The predicted molar refractivity (Wildman–Crippen MR) is 279 cm³/mol. The van der Waals surface area contributed by atoms with Crippen LogP contribution in [0.25, 0.3) is 88.2 Å². The fraction of sp³-hybridized carbons (Fsp3) is 0.121. The van der Waals surface area contributed by atoms with Crippen LogP contribution in [-0.2, 0) is 28.2 Å². The maximum Gasteiger partial charge on any atom is 0.293 e. The molecule has 12 aromatic rings. The molecule has 12 nitrogen and oxygen atoms in total. The zero-order chi connectivity index (χ0) is 46.9. The molecule has 0 atom stereocenters. The quantitative estimate of drug-likeness (QED) is 0.123. The summed E-state index contributed by atoms with van der Waals surface area (Å²) in [5.41, 5.74) is 9.49. The fourth-order valence-corrected chi connectivity index (χ4v) is 9.03. The molecule has 0 radical (unpaired) electrons. The number of hydrogen-bond donors (Lipinski definition) is 1. The van der Waals surface area contributed by atoms with Crippen LogP contribution in [0.4, 0.5) is 11.4 Å². The van der Waals surface area contributed by atoms with Gasteiger partial charge in [-0.25, -0.2) is 19.9 Å². The molecule has 0 fully saturated rings. The lowest BCUT2D eigenvalue weighted by Gasteiger charge is -2.23. The molecule has 344 valence electrons. The number of rotatable bonds is 11. The van der Waals surface area contributed by atoms with Crippen LogP contribution in [0.2, 0.25) is 0 Å². The summed E-state index contributed by atoms with van der Waals surface area (Å²) in [6, 6.07) is 42.7. The number of nitrogens with zero attached hydrogens (tertiary/aromatic N) is 7. The van der Waals surface area contributed by atoms with Gasteiger partial charge >= 0.3 is 0 Å². The van der Waals surface area contributed by atoms with E-state index in [1.165, 1.54) is 5.56 Å². The highest BCUT2D eigenvalue weighted by atomic mass is 16.5. The minimum atomic E-state index is -0.788. The number of para-hydroxylation sites is 1. The van der Waals surface area contributed by atoms with Crippen molar-refractivity contribution in [2.75, 3.05) is 17.3 Å². The van der Waals surface area contributed by atoms with Gasteiger partial charge in [-0.05, 0) is 109 Å². The molecule has 12 rings (SSSR count). The van der Waals surface area contributed by atoms with Gasteiger partial charge in [-0.1, -0.05) is 62.0 Å². The second-order valence-electron chi connectivity index (χ2n) is 17.3. The van der Waals surface area contributed by atoms with Crippen LogP contribution in [0.1, 0.15) is 38.0 Å². The Morgan fingerprint density at radius 1 is 0.586 bits per heavy atom. The molecule has 0 saturated heterocycles. The summed E-state index contributed by atoms with van der Waals surface area (Å²) < 4.78 is 17.8. The first kappa shape index (κ1) is 44.8. The number of nitrogens with one attached hydrogen (secondary N) is 1. The summed E-state index contributed by atoms with van der Waals surface area (Å²) in [4.78, 5) is 39.6. The summed E-state index contributed by atoms with van der Waals surface area (Å²) in [5, 5.41) is 11.8. The molecule has 0 spiro atoms. The second kappa shape index (κ2) is 18.9. The molecular formula is C58H48N8O4. The third kappa shape index (κ3) is 8.69. The molecule has 0 aliphatic heterocycles. The van der Waals surface area contributed by atoms with Crippen LogP contribution in [0, 0.1) is 0 Å². The summed E-state index contributed by atoms with van der Waals surface area (Å²) in [7, 11) is 2.07. The highest BCUT2D eigenvalue weighted by Crippen LogP contribution is 2.39. The van der Waals surface area contributed by atoms with Crippen molar-refractivity contribution >= 4 is 83.4 Å². The van der Waals surface area contributed by atoms with E-state index in [9.17, 15) is 4.79 Å². The molecule has 0 saturated carbocycles. The van der Waals surface area contributed by atoms with E-state index in [4.69, 9.17) is 13.6 Å². The van der Waals surface area contributed by atoms with Crippen LogP contribution in [-0.4, -0.2) is 43.4 Å². The number of anilines is 2. The fourth-order valence-electron chi connectivity index (χ4n) is 9.03. The first-order chi connectivity index (χ1) is 33.8. The lowest BCUT2D eigenvalue weighted by molar-refractivity contribution is -0.141. The molecule has 8 heterocycles. The van der Waals surface area contributed by atoms with Crippen LogP contribution in [0.15, 0.2) is 186 Å². The van der Waals surface area contributed by atoms with Crippen LogP contribution in [0.5, 0.6) is 0 Å². The molecule has 0 aliphatic rings. The van der Waals surface area contributed by atoms with Crippen molar-refractivity contribution in [1.29, 1.82) is 0 Å². The van der Waals surface area contributed by atoms with Gasteiger partial charge < -0.3 is 23.8 Å². The van der Waals surface area contributed by atoms with Gasteiger partial charge in [-0.2, -0.15) is 0 Å². The number of benzene rings is 4. The Balaban J connectivity index is 0.000000163. The van der Waals surface area contributed by atoms with E-state index in [0.29, 0.717) is 25.3 Å². The van der Waals surface area contributed by atoms with Crippen molar-refractivity contribution in [2.24, 2.45) is 0 Å². The van der Waals surface area contributed by atoms with E-state index in [-0.39, 0.29) is 7.43 Å². The normalized spacial score (nSPS) is 11.4. The Morgan fingerprint density at radius 2 is 1.21 bits per heavy atom. The van der Waals surface area contributed by atoms with E-state index >= 15 is 0 Å². The van der Waals surface area contributed by atoms with Gasteiger partial charge in [0.05, 0.1) is 0 Å². The third-order valence-corrected chi connectivity index (χ3v) is 12.5. The lowest BCUT2D eigenvalue weighted by Crippen LogP contribution is -2.20. The molecule has 70 heavy (non-hydrogen) atoms. The molecule has 0 bridgehead atoms. The zero-order valence-electron chi connectivity index (χ0n) is 38.0. The number of fused-ring (bicyclic) bond motifs is 6. The molecule has 1 N–H and O–H groups in total. The minimum Gasteiger partial charge on any atom is -0.457 e. The minimum absolute atomic E-state index is 0. The number of aromatic nitrogens is 6. The topological polar surface area (TPSA) is 145 Å². The van der Waals surface area contributed by atoms with Gasteiger partial charge in [0, 0.05) is 130 Å². The summed E-state index contributed by atoms with van der Waals surface area (Å²) in [6.45, 7) is 5.61. The Kier molecular flexibility index (Phi) is 12.1. The van der Waals surface area contributed by atoms with Gasteiger partial charge in [-0.3, -0.25) is 14.8 Å². The molecule has 12 heteroatoms. The van der Waals surface area contributed by atoms with E-state index < -0.39 is 5.60 Å².